The van der Waals surface area contributed by atoms with E-state index < -0.39 is 10.0 Å². The van der Waals surface area contributed by atoms with Crippen molar-refractivity contribution >= 4 is 15.7 Å². The molecule has 116 valence electrons. The molecule has 0 radical (unpaired) electrons. The highest BCUT2D eigenvalue weighted by atomic mass is 32.2. The fourth-order valence-electron chi connectivity index (χ4n) is 2.88. The van der Waals surface area contributed by atoms with E-state index in [0.29, 0.717) is 17.4 Å². The number of sulfonamides is 1. The van der Waals surface area contributed by atoms with E-state index in [0.717, 1.165) is 56.7 Å². The Morgan fingerprint density at radius 2 is 2.10 bits per heavy atom. The fourth-order valence-corrected chi connectivity index (χ4v) is 4.05. The first kappa shape index (κ1) is 14.8. The summed E-state index contributed by atoms with van der Waals surface area (Å²) >= 11 is 0. The van der Waals surface area contributed by atoms with Crippen molar-refractivity contribution in [2.75, 3.05) is 31.6 Å². The molecular weight excluding hydrogens is 288 g/mol. The second-order valence-corrected chi connectivity index (χ2v) is 7.52. The third-order valence-electron chi connectivity index (χ3n) is 4.23. The van der Waals surface area contributed by atoms with Gasteiger partial charge in [0.1, 0.15) is 0 Å². The highest BCUT2D eigenvalue weighted by Gasteiger charge is 2.20. The predicted octanol–water partition coefficient (Wildman–Crippen LogP) is 1.75. The molecule has 0 bridgehead atoms. The van der Waals surface area contributed by atoms with Crippen molar-refractivity contribution in [2.45, 2.75) is 30.6 Å². The van der Waals surface area contributed by atoms with Crippen molar-refractivity contribution in [2.24, 2.45) is 5.92 Å². The lowest BCUT2D eigenvalue weighted by Gasteiger charge is -2.22. The number of nitrogens with one attached hydrogen (secondary N) is 2. The summed E-state index contributed by atoms with van der Waals surface area (Å²) in [7, 11) is -3.41. The first-order chi connectivity index (χ1) is 10.1. The molecule has 1 fully saturated rings. The van der Waals surface area contributed by atoms with Gasteiger partial charge in [-0.3, -0.25) is 0 Å². The molecule has 3 rings (SSSR count). The number of rotatable bonds is 4. The van der Waals surface area contributed by atoms with Gasteiger partial charge >= 0.3 is 0 Å². The van der Waals surface area contributed by atoms with E-state index in [-0.39, 0.29) is 0 Å². The SMILES string of the molecule is O=S(=O)(NCC1CCOCC1)c1ccc2c(c1)CCCN2. The minimum Gasteiger partial charge on any atom is -0.385 e. The summed E-state index contributed by atoms with van der Waals surface area (Å²) in [4.78, 5) is 0.372. The van der Waals surface area contributed by atoms with E-state index >= 15 is 0 Å². The normalized spacial score (nSPS) is 19.8. The number of fused-ring (bicyclic) bond motifs is 1. The molecule has 2 N–H and O–H groups in total. The Labute approximate surface area is 126 Å². The van der Waals surface area contributed by atoms with Crippen molar-refractivity contribution in [3.63, 3.8) is 0 Å². The molecule has 0 atom stereocenters. The maximum Gasteiger partial charge on any atom is 0.240 e. The second-order valence-electron chi connectivity index (χ2n) is 5.76. The summed E-state index contributed by atoms with van der Waals surface area (Å²) in [5, 5.41) is 3.30. The van der Waals surface area contributed by atoms with Gasteiger partial charge in [-0.1, -0.05) is 0 Å². The average Bonchev–Trinajstić information content (AvgIpc) is 2.53. The molecule has 2 aliphatic rings. The summed E-state index contributed by atoms with van der Waals surface area (Å²) in [6.45, 7) is 2.93. The van der Waals surface area contributed by atoms with Crippen molar-refractivity contribution in [3.05, 3.63) is 23.8 Å². The zero-order valence-electron chi connectivity index (χ0n) is 12.1. The topological polar surface area (TPSA) is 67.4 Å². The monoisotopic (exact) mass is 310 g/mol. The van der Waals surface area contributed by atoms with Crippen LogP contribution in [0.15, 0.2) is 23.1 Å². The Morgan fingerprint density at radius 3 is 2.90 bits per heavy atom. The van der Waals surface area contributed by atoms with Gasteiger partial charge in [0.2, 0.25) is 10.0 Å². The van der Waals surface area contributed by atoms with Crippen LogP contribution in [-0.2, 0) is 21.2 Å². The molecular formula is C15H22N2O3S. The smallest absolute Gasteiger partial charge is 0.240 e. The van der Waals surface area contributed by atoms with E-state index in [2.05, 4.69) is 10.0 Å². The van der Waals surface area contributed by atoms with Crippen LogP contribution >= 0.6 is 0 Å². The van der Waals surface area contributed by atoms with Gasteiger partial charge in [0, 0.05) is 32.0 Å². The minimum absolute atomic E-state index is 0.372. The lowest BCUT2D eigenvalue weighted by Crippen LogP contribution is -2.32. The number of ether oxygens (including phenoxy) is 1. The summed E-state index contributed by atoms with van der Waals surface area (Å²) in [5.41, 5.74) is 2.15. The van der Waals surface area contributed by atoms with E-state index in [4.69, 9.17) is 4.74 Å². The molecule has 21 heavy (non-hydrogen) atoms. The standard InChI is InChI=1S/C15H22N2O3S/c18-21(19,17-11-12-5-8-20-9-6-12)14-3-4-15-13(10-14)2-1-7-16-15/h3-4,10,12,16-17H,1-2,5-9,11H2. The molecule has 5 nitrogen and oxygen atoms in total. The largest absolute Gasteiger partial charge is 0.385 e. The molecule has 6 heteroatoms. The van der Waals surface area contributed by atoms with Gasteiger partial charge in [0.05, 0.1) is 4.90 Å². The van der Waals surface area contributed by atoms with E-state index in [1.807, 2.05) is 6.07 Å². The predicted molar refractivity (Wildman–Crippen MR) is 82.0 cm³/mol. The molecule has 1 aromatic carbocycles. The second kappa shape index (κ2) is 6.34. The quantitative estimate of drug-likeness (QED) is 0.889. The van der Waals surface area contributed by atoms with Crippen LogP contribution in [-0.4, -0.2) is 34.7 Å². The van der Waals surface area contributed by atoms with Gasteiger partial charge in [0.15, 0.2) is 0 Å². The van der Waals surface area contributed by atoms with Gasteiger partial charge in [-0.15, -0.1) is 0 Å². The molecule has 1 saturated heterocycles. The van der Waals surface area contributed by atoms with Crippen molar-refractivity contribution in [1.29, 1.82) is 0 Å². The number of benzene rings is 1. The molecule has 0 saturated carbocycles. The van der Waals surface area contributed by atoms with E-state index in [9.17, 15) is 8.42 Å². The third-order valence-corrected chi connectivity index (χ3v) is 5.65. The Bertz CT molecular complexity index is 595. The van der Waals surface area contributed by atoms with Crippen molar-refractivity contribution < 1.29 is 13.2 Å². The van der Waals surface area contributed by atoms with Crippen LogP contribution in [0.4, 0.5) is 5.69 Å². The average molecular weight is 310 g/mol. The molecule has 0 spiro atoms. The first-order valence-electron chi connectivity index (χ1n) is 7.59. The molecule has 0 aliphatic carbocycles. The van der Waals surface area contributed by atoms with Crippen LogP contribution in [0, 0.1) is 5.92 Å². The Hall–Kier alpha value is -1.11. The maximum atomic E-state index is 12.4. The van der Waals surface area contributed by atoms with Gasteiger partial charge in [0.25, 0.3) is 0 Å². The molecule has 0 unspecified atom stereocenters. The van der Waals surface area contributed by atoms with Crippen molar-refractivity contribution in [3.8, 4) is 0 Å². The molecule has 2 heterocycles. The zero-order valence-corrected chi connectivity index (χ0v) is 12.9. The number of hydrogen-bond acceptors (Lipinski definition) is 4. The minimum atomic E-state index is -3.41. The third kappa shape index (κ3) is 3.56. The lowest BCUT2D eigenvalue weighted by molar-refractivity contribution is 0.0678. The van der Waals surface area contributed by atoms with Gasteiger partial charge in [-0.25, -0.2) is 13.1 Å². The van der Waals surface area contributed by atoms with Crippen LogP contribution in [0.2, 0.25) is 0 Å². The van der Waals surface area contributed by atoms with E-state index in [1.165, 1.54) is 0 Å². The van der Waals surface area contributed by atoms with Crippen LogP contribution in [0.1, 0.15) is 24.8 Å². The summed E-state index contributed by atoms with van der Waals surface area (Å²) in [6, 6.07) is 5.36. The number of aryl methyl sites for hydroxylation is 1. The van der Waals surface area contributed by atoms with Gasteiger partial charge < -0.3 is 10.1 Å². The van der Waals surface area contributed by atoms with Crippen LogP contribution in [0.25, 0.3) is 0 Å². The van der Waals surface area contributed by atoms with Gasteiger partial charge in [-0.2, -0.15) is 0 Å². The fraction of sp³-hybridized carbons (Fsp3) is 0.600. The Balaban J connectivity index is 1.69. The maximum absolute atomic E-state index is 12.4. The van der Waals surface area contributed by atoms with Gasteiger partial charge in [-0.05, 0) is 55.4 Å². The van der Waals surface area contributed by atoms with Crippen LogP contribution < -0.4 is 10.0 Å². The highest BCUT2D eigenvalue weighted by Crippen LogP contribution is 2.25. The number of anilines is 1. The summed E-state index contributed by atoms with van der Waals surface area (Å²) in [6.07, 6.45) is 3.84. The molecule has 2 aliphatic heterocycles. The molecule has 1 aromatic rings. The Morgan fingerprint density at radius 1 is 1.29 bits per heavy atom. The molecule has 0 amide bonds. The zero-order chi connectivity index (χ0) is 14.7. The highest BCUT2D eigenvalue weighted by molar-refractivity contribution is 7.89. The first-order valence-corrected chi connectivity index (χ1v) is 9.08. The van der Waals surface area contributed by atoms with E-state index in [1.54, 1.807) is 12.1 Å². The van der Waals surface area contributed by atoms with Crippen LogP contribution in [0.3, 0.4) is 0 Å². The summed E-state index contributed by atoms with van der Waals surface area (Å²) in [5.74, 6) is 0.382. The number of hydrogen-bond donors (Lipinski definition) is 2. The Kier molecular flexibility index (Phi) is 4.47. The lowest BCUT2D eigenvalue weighted by atomic mass is 10.0. The molecule has 0 aromatic heterocycles. The van der Waals surface area contributed by atoms with Crippen LogP contribution in [0.5, 0.6) is 0 Å². The summed E-state index contributed by atoms with van der Waals surface area (Å²) < 4.78 is 32.8. The van der Waals surface area contributed by atoms with Crippen molar-refractivity contribution in [1.82, 2.24) is 4.72 Å².